The normalized spacial score (nSPS) is 23.7. The van der Waals surface area contributed by atoms with E-state index < -0.39 is 5.82 Å². The van der Waals surface area contributed by atoms with E-state index in [1.165, 1.54) is 71.1 Å². The van der Waals surface area contributed by atoms with E-state index >= 15 is 0 Å². The molecule has 4 rings (SSSR count). The lowest BCUT2D eigenvalue weighted by Gasteiger charge is -2.50. The molecule has 26 heavy (non-hydrogen) atoms. The van der Waals surface area contributed by atoms with Gasteiger partial charge in [-0.25, -0.2) is 4.39 Å². The topological polar surface area (TPSA) is 35.6 Å². The summed E-state index contributed by atoms with van der Waals surface area (Å²) in [7, 11) is 1.52. The summed E-state index contributed by atoms with van der Waals surface area (Å²) in [6.07, 6.45) is 9.25. The summed E-state index contributed by atoms with van der Waals surface area (Å²) in [4.78, 5) is 16.7. The molecule has 1 N–H and O–H groups in total. The number of piperidine rings is 2. The predicted molar refractivity (Wildman–Crippen MR) is 102 cm³/mol. The third kappa shape index (κ3) is 3.34. The van der Waals surface area contributed by atoms with Crippen LogP contribution in [0.3, 0.4) is 0 Å². The van der Waals surface area contributed by atoms with E-state index in [2.05, 4.69) is 15.1 Å². The lowest BCUT2D eigenvalue weighted by molar-refractivity contribution is 0.0306. The zero-order chi connectivity index (χ0) is 18.1. The minimum absolute atomic E-state index is 0.119. The molecule has 142 valence electrons. The number of rotatable bonds is 3. The molecule has 3 aliphatic rings. The van der Waals surface area contributed by atoms with Crippen LogP contribution in [0, 0.1) is 11.2 Å². The van der Waals surface area contributed by atoms with Gasteiger partial charge in [0.05, 0.1) is 5.56 Å². The molecule has 1 aliphatic carbocycles. The summed E-state index contributed by atoms with van der Waals surface area (Å²) in [5, 5.41) is 2.48. The van der Waals surface area contributed by atoms with Crippen LogP contribution in [0.25, 0.3) is 0 Å². The summed E-state index contributed by atoms with van der Waals surface area (Å²) in [5.41, 5.74) is 1.52. The van der Waals surface area contributed by atoms with Crippen molar-refractivity contribution in [1.29, 1.82) is 0 Å². The maximum atomic E-state index is 14.3. The zero-order valence-electron chi connectivity index (χ0n) is 15.8. The fraction of sp³-hybridized carbons (Fsp3) is 0.667. The molecule has 1 aromatic rings. The molecule has 1 amide bonds. The van der Waals surface area contributed by atoms with Gasteiger partial charge in [-0.15, -0.1) is 0 Å². The molecule has 1 saturated carbocycles. The van der Waals surface area contributed by atoms with E-state index in [0.29, 0.717) is 5.41 Å². The first-order valence-electron chi connectivity index (χ1n) is 10.1. The molecule has 4 nitrogen and oxygen atoms in total. The van der Waals surface area contributed by atoms with Crippen LogP contribution in [-0.2, 0) is 0 Å². The number of hydrogen-bond acceptors (Lipinski definition) is 3. The Morgan fingerprint density at radius 1 is 1.12 bits per heavy atom. The number of carbonyl (C=O) groups is 1. The first-order chi connectivity index (χ1) is 12.6. The molecule has 0 radical (unpaired) electrons. The molecule has 3 fully saturated rings. The van der Waals surface area contributed by atoms with Crippen molar-refractivity contribution in [1.82, 2.24) is 10.2 Å². The van der Waals surface area contributed by atoms with Gasteiger partial charge in [0.15, 0.2) is 0 Å². The second kappa shape index (κ2) is 7.18. The third-order valence-electron chi connectivity index (χ3n) is 7.06. The maximum Gasteiger partial charge on any atom is 0.253 e. The van der Waals surface area contributed by atoms with Crippen LogP contribution in [0.2, 0.25) is 0 Å². The predicted octanol–water partition coefficient (Wildman–Crippen LogP) is 3.42. The van der Waals surface area contributed by atoms with E-state index in [9.17, 15) is 9.18 Å². The van der Waals surface area contributed by atoms with Crippen LogP contribution < -0.4 is 10.2 Å². The smallest absolute Gasteiger partial charge is 0.253 e. The molecule has 2 aliphatic heterocycles. The van der Waals surface area contributed by atoms with Gasteiger partial charge in [-0.2, -0.15) is 0 Å². The largest absolute Gasteiger partial charge is 0.371 e. The monoisotopic (exact) mass is 359 g/mol. The Balaban J connectivity index is 1.35. The van der Waals surface area contributed by atoms with E-state index in [1.807, 2.05) is 6.07 Å². The highest BCUT2D eigenvalue weighted by Crippen LogP contribution is 2.43. The number of nitrogens with zero attached hydrogens (tertiary/aromatic N) is 2. The van der Waals surface area contributed by atoms with Gasteiger partial charge >= 0.3 is 0 Å². The lowest BCUT2D eigenvalue weighted by Crippen LogP contribution is -2.50. The number of carbonyl (C=O) groups excluding carboxylic acids is 1. The Labute approximate surface area is 155 Å². The minimum Gasteiger partial charge on any atom is -0.371 e. The summed E-state index contributed by atoms with van der Waals surface area (Å²) in [6, 6.07) is 5.87. The highest BCUT2D eigenvalue weighted by atomic mass is 19.1. The van der Waals surface area contributed by atoms with E-state index in [-0.39, 0.29) is 11.5 Å². The van der Waals surface area contributed by atoms with Gasteiger partial charge in [-0.05, 0) is 75.2 Å². The average molecular weight is 359 g/mol. The van der Waals surface area contributed by atoms with E-state index in [4.69, 9.17) is 0 Å². The van der Waals surface area contributed by atoms with Crippen molar-refractivity contribution < 1.29 is 9.18 Å². The summed E-state index contributed by atoms with van der Waals surface area (Å²) >= 11 is 0. The van der Waals surface area contributed by atoms with Crippen LogP contribution in [0.1, 0.15) is 55.3 Å². The number of benzene rings is 1. The van der Waals surface area contributed by atoms with Gasteiger partial charge < -0.3 is 15.1 Å². The molecular formula is C21H30FN3O. The molecule has 0 atom stereocenters. The molecule has 1 spiro atoms. The third-order valence-corrected chi connectivity index (χ3v) is 7.06. The fourth-order valence-electron chi connectivity index (χ4n) is 4.87. The summed E-state index contributed by atoms with van der Waals surface area (Å²) in [5.74, 6) is -0.805. The van der Waals surface area contributed by atoms with Crippen LogP contribution in [0.5, 0.6) is 0 Å². The molecule has 1 aromatic carbocycles. The van der Waals surface area contributed by atoms with Crippen molar-refractivity contribution in [2.24, 2.45) is 5.41 Å². The van der Waals surface area contributed by atoms with E-state index in [1.54, 1.807) is 6.07 Å². The molecule has 2 saturated heterocycles. The standard InChI is InChI=1S/C21H30FN3O/c1-23-20(26)18-6-5-17(15-19(18)22)25-13-9-21(10-14-25)7-11-24(12-8-21)16-3-2-4-16/h5-6,15-16H,2-4,7-14H2,1H3,(H,23,26). The fourth-order valence-corrected chi connectivity index (χ4v) is 4.87. The van der Waals surface area contributed by atoms with Crippen molar-refractivity contribution in [2.45, 2.75) is 51.0 Å². The van der Waals surface area contributed by atoms with Gasteiger partial charge in [0.2, 0.25) is 0 Å². The van der Waals surface area contributed by atoms with Crippen LogP contribution in [-0.4, -0.2) is 50.1 Å². The van der Waals surface area contributed by atoms with Gasteiger partial charge in [0, 0.05) is 31.9 Å². The van der Waals surface area contributed by atoms with Crippen molar-refractivity contribution in [2.75, 3.05) is 38.1 Å². The second-order valence-electron chi connectivity index (χ2n) is 8.35. The van der Waals surface area contributed by atoms with Crippen LogP contribution in [0.15, 0.2) is 18.2 Å². The number of halogens is 1. The van der Waals surface area contributed by atoms with Crippen molar-refractivity contribution in [3.05, 3.63) is 29.6 Å². The molecule has 0 bridgehead atoms. The number of hydrogen-bond donors (Lipinski definition) is 1. The number of nitrogens with one attached hydrogen (secondary N) is 1. The summed E-state index contributed by atoms with van der Waals surface area (Å²) in [6.45, 7) is 4.50. The molecule has 0 unspecified atom stereocenters. The summed E-state index contributed by atoms with van der Waals surface area (Å²) < 4.78 is 14.3. The molecule has 0 aromatic heterocycles. The highest BCUT2D eigenvalue weighted by Gasteiger charge is 2.39. The highest BCUT2D eigenvalue weighted by molar-refractivity contribution is 5.94. The van der Waals surface area contributed by atoms with Crippen LogP contribution >= 0.6 is 0 Å². The zero-order valence-corrected chi connectivity index (χ0v) is 15.8. The van der Waals surface area contributed by atoms with Gasteiger partial charge in [-0.3, -0.25) is 4.79 Å². The van der Waals surface area contributed by atoms with Crippen molar-refractivity contribution in [3.8, 4) is 0 Å². The van der Waals surface area contributed by atoms with Crippen LogP contribution in [0.4, 0.5) is 10.1 Å². The molecular weight excluding hydrogens is 329 g/mol. The maximum absolute atomic E-state index is 14.3. The van der Waals surface area contributed by atoms with Gasteiger partial charge in [0.25, 0.3) is 5.91 Å². The Bertz CT molecular complexity index is 655. The Morgan fingerprint density at radius 2 is 1.77 bits per heavy atom. The van der Waals surface area contributed by atoms with Crippen molar-refractivity contribution >= 4 is 11.6 Å². The van der Waals surface area contributed by atoms with Gasteiger partial charge in [0.1, 0.15) is 5.82 Å². The first-order valence-corrected chi connectivity index (χ1v) is 10.1. The minimum atomic E-state index is -0.434. The lowest BCUT2D eigenvalue weighted by atomic mass is 9.70. The number of likely N-dealkylation sites (tertiary alicyclic amines) is 1. The number of amides is 1. The second-order valence-corrected chi connectivity index (χ2v) is 8.35. The quantitative estimate of drug-likeness (QED) is 0.898. The Morgan fingerprint density at radius 3 is 2.31 bits per heavy atom. The molecule has 2 heterocycles. The average Bonchev–Trinajstić information content (AvgIpc) is 2.62. The number of anilines is 1. The molecule has 5 heteroatoms. The Kier molecular flexibility index (Phi) is 4.91. The Hall–Kier alpha value is -1.62. The van der Waals surface area contributed by atoms with E-state index in [0.717, 1.165) is 24.8 Å². The van der Waals surface area contributed by atoms with Crippen molar-refractivity contribution in [3.63, 3.8) is 0 Å². The van der Waals surface area contributed by atoms with Gasteiger partial charge in [-0.1, -0.05) is 6.42 Å². The SMILES string of the molecule is CNC(=O)c1ccc(N2CCC3(CC2)CCN(C2CCC2)CC3)cc1F. The first kappa shape index (κ1) is 17.8.